The first kappa shape index (κ1) is 51.0. The van der Waals surface area contributed by atoms with E-state index in [0.717, 1.165) is 56.0 Å². The van der Waals surface area contributed by atoms with E-state index in [2.05, 4.69) is 250 Å². The third-order valence-electron chi connectivity index (χ3n) is 18.0. The summed E-state index contributed by atoms with van der Waals surface area (Å²) in [4.78, 5) is 27.3. The Balaban J connectivity index is 0.954. The largest absolute Gasteiger partial charge is 0.544 e. The van der Waals surface area contributed by atoms with E-state index < -0.39 is 27.5 Å². The van der Waals surface area contributed by atoms with Crippen LogP contribution in [-0.2, 0) is 46.1 Å². The maximum absolute atomic E-state index is 13.6. The van der Waals surface area contributed by atoms with Gasteiger partial charge in [0.1, 0.15) is 24.1 Å². The zero-order valence-electron chi connectivity index (χ0n) is 45.9. The number of hydrogen-bond acceptors (Lipinski definition) is 4. The van der Waals surface area contributed by atoms with Crippen molar-refractivity contribution in [3.63, 3.8) is 0 Å². The number of benzene rings is 9. The van der Waals surface area contributed by atoms with Gasteiger partial charge >= 0.3 is 0 Å². The van der Waals surface area contributed by atoms with Crippen LogP contribution < -0.4 is 8.85 Å². The SMILES string of the molecule is CC(C)(C)[Si](C)(C)Oc1ccc(-c2ccc(C3(C=O)Cc4cc5c(-c6ccccc6)c6cc7c(cc6c(-c6ccccc6)c5cc4C3)CC(C=O)(c3ccc(-c4ccc(O[Si](C)(C)C(C)(C)C)cc4)cc3)C7)cc2)cc1. The molecule has 0 fully saturated rings. The second-order valence-electron chi connectivity index (χ2n) is 25.0. The quantitative estimate of drug-likeness (QED) is 0.0695. The number of carbonyl (C=O) groups excluding carboxylic acids is 2. The molecule has 4 nitrogen and oxygen atoms in total. The third-order valence-corrected chi connectivity index (χ3v) is 26.7. The number of carbonyl (C=O) groups is 2. The summed E-state index contributed by atoms with van der Waals surface area (Å²) in [7, 11) is -3.92. The van der Waals surface area contributed by atoms with Gasteiger partial charge in [-0.25, -0.2) is 0 Å². The lowest BCUT2D eigenvalue weighted by atomic mass is 9.79. The van der Waals surface area contributed by atoms with E-state index in [1.54, 1.807) is 0 Å². The summed E-state index contributed by atoms with van der Waals surface area (Å²) in [6.07, 6.45) is 4.88. The summed E-state index contributed by atoms with van der Waals surface area (Å²) in [6.45, 7) is 22.7. The maximum atomic E-state index is 13.6. The first-order chi connectivity index (χ1) is 36.2. The topological polar surface area (TPSA) is 52.6 Å². The van der Waals surface area contributed by atoms with Gasteiger partial charge in [0.15, 0.2) is 0 Å². The van der Waals surface area contributed by atoms with Gasteiger partial charge in [-0.2, -0.15) is 0 Å². The van der Waals surface area contributed by atoms with Crippen LogP contribution in [-0.4, -0.2) is 29.2 Å². The molecular weight excluding hydrogens is 961 g/mol. The fourth-order valence-electron chi connectivity index (χ4n) is 11.5. The van der Waals surface area contributed by atoms with E-state index >= 15 is 0 Å². The van der Waals surface area contributed by atoms with Gasteiger partial charge in [0.2, 0.25) is 16.6 Å². The minimum absolute atomic E-state index is 0.117. The molecule has 2 aliphatic carbocycles. The molecule has 11 rings (SSSR count). The monoisotopic (exact) mass is 1030 g/mol. The van der Waals surface area contributed by atoms with E-state index in [9.17, 15) is 9.59 Å². The van der Waals surface area contributed by atoms with Crippen molar-refractivity contribution in [2.24, 2.45) is 0 Å². The van der Waals surface area contributed by atoms with E-state index in [4.69, 9.17) is 8.85 Å². The van der Waals surface area contributed by atoms with Gasteiger partial charge in [-0.3, -0.25) is 0 Å². The highest BCUT2D eigenvalue weighted by molar-refractivity contribution is 6.75. The highest BCUT2D eigenvalue weighted by Crippen LogP contribution is 2.51. The summed E-state index contributed by atoms with van der Waals surface area (Å²) >= 11 is 0. The highest BCUT2D eigenvalue weighted by atomic mass is 28.4. The Morgan fingerprint density at radius 2 is 0.632 bits per heavy atom. The van der Waals surface area contributed by atoms with E-state index in [0.29, 0.717) is 25.7 Å². The zero-order chi connectivity index (χ0) is 53.4. The van der Waals surface area contributed by atoms with Crippen molar-refractivity contribution < 1.29 is 18.4 Å². The van der Waals surface area contributed by atoms with Crippen molar-refractivity contribution in [3.8, 4) is 56.0 Å². The number of aldehydes is 2. The molecule has 382 valence electrons. The Labute approximate surface area is 452 Å². The molecule has 0 N–H and O–H groups in total. The zero-order valence-corrected chi connectivity index (χ0v) is 47.9. The summed E-state index contributed by atoms with van der Waals surface area (Å²) in [6, 6.07) is 65.3. The summed E-state index contributed by atoms with van der Waals surface area (Å²) in [5.74, 6) is 1.82. The molecule has 0 radical (unpaired) electrons. The molecule has 0 atom stereocenters. The molecule has 0 heterocycles. The van der Waals surface area contributed by atoms with Crippen LogP contribution in [0.3, 0.4) is 0 Å². The smallest absolute Gasteiger partial charge is 0.250 e. The normalized spacial score (nSPS) is 15.1. The van der Waals surface area contributed by atoms with Crippen LogP contribution in [0.1, 0.15) is 74.9 Å². The van der Waals surface area contributed by atoms with Gasteiger partial charge in [0, 0.05) is 0 Å². The average Bonchev–Trinajstić information content (AvgIpc) is 4.04. The predicted octanol–water partition coefficient (Wildman–Crippen LogP) is 17.9. The Bertz CT molecular complexity index is 3340. The fourth-order valence-corrected chi connectivity index (χ4v) is 13.6. The average molecular weight is 1030 g/mol. The molecular formula is C70H70O4Si2. The van der Waals surface area contributed by atoms with Gasteiger partial charge in [-0.1, -0.05) is 199 Å². The van der Waals surface area contributed by atoms with Gasteiger partial charge in [-0.15, -0.1) is 0 Å². The minimum atomic E-state index is -1.96. The van der Waals surface area contributed by atoms with E-state index in [1.807, 2.05) is 0 Å². The molecule has 0 bridgehead atoms. The van der Waals surface area contributed by atoms with Crippen molar-refractivity contribution in [1.29, 1.82) is 0 Å². The number of hydrogen-bond donors (Lipinski definition) is 0. The van der Waals surface area contributed by atoms with E-state index in [-0.39, 0.29) is 10.1 Å². The highest BCUT2D eigenvalue weighted by Gasteiger charge is 2.43. The Hall–Kier alpha value is -7.13. The van der Waals surface area contributed by atoms with Crippen molar-refractivity contribution >= 4 is 50.8 Å². The van der Waals surface area contributed by atoms with Crippen LogP contribution in [0.5, 0.6) is 11.5 Å². The molecule has 0 unspecified atom stereocenters. The fraction of sp³-hybridized carbons (Fsp3) is 0.257. The molecule has 9 aromatic rings. The Morgan fingerprint density at radius 3 is 0.882 bits per heavy atom. The van der Waals surface area contributed by atoms with Crippen LogP contribution >= 0.6 is 0 Å². The van der Waals surface area contributed by atoms with Crippen LogP contribution in [0.2, 0.25) is 36.3 Å². The predicted molar refractivity (Wildman–Crippen MR) is 322 cm³/mol. The van der Waals surface area contributed by atoms with Crippen molar-refractivity contribution in [2.75, 3.05) is 0 Å². The van der Waals surface area contributed by atoms with Crippen molar-refractivity contribution in [3.05, 3.63) is 215 Å². The number of rotatable bonds is 12. The summed E-state index contributed by atoms with van der Waals surface area (Å²) in [5.41, 5.74) is 14.6. The van der Waals surface area contributed by atoms with Crippen molar-refractivity contribution in [2.45, 2.75) is 114 Å². The second-order valence-corrected chi connectivity index (χ2v) is 34.4. The first-order valence-electron chi connectivity index (χ1n) is 27.1. The van der Waals surface area contributed by atoms with Gasteiger partial charge in [0.05, 0.1) is 10.8 Å². The summed E-state index contributed by atoms with van der Waals surface area (Å²) in [5, 5.41) is 4.92. The maximum Gasteiger partial charge on any atom is 0.250 e. The molecule has 0 saturated heterocycles. The van der Waals surface area contributed by atoms with Crippen LogP contribution in [0.4, 0.5) is 0 Å². The lowest BCUT2D eigenvalue weighted by Gasteiger charge is -2.36. The second kappa shape index (κ2) is 18.9. The Kier molecular flexibility index (Phi) is 12.7. The van der Waals surface area contributed by atoms with Gasteiger partial charge in [0.25, 0.3) is 0 Å². The van der Waals surface area contributed by atoms with Crippen LogP contribution in [0.25, 0.3) is 66.1 Å². The molecule has 6 heteroatoms. The first-order valence-corrected chi connectivity index (χ1v) is 32.9. The summed E-state index contributed by atoms with van der Waals surface area (Å²) < 4.78 is 13.2. The third kappa shape index (κ3) is 9.07. The molecule has 0 aromatic heterocycles. The number of fused-ring (bicyclic) bond motifs is 4. The molecule has 2 aliphatic rings. The van der Waals surface area contributed by atoms with Gasteiger partial charge < -0.3 is 18.4 Å². The van der Waals surface area contributed by atoms with Crippen molar-refractivity contribution in [1.82, 2.24) is 0 Å². The van der Waals surface area contributed by atoms with Crippen LogP contribution in [0.15, 0.2) is 182 Å². The standard InChI is InChI=1S/C70H70O4Si2/c1-67(2,3)75(7,8)73-59-33-25-49(26-34-59)47-21-29-57(30-22-47)69(45-71)41-53-37-61-62(38-54(53)42-69)66(52-19-15-12-16-20-52)64-40-56-44-70(46-72,43-55(56)39-63(64)65(61)51-17-13-11-14-18-51)58-31-23-48(24-32-58)50-27-35-60(36-28-50)74-76(9,10)68(4,5)6/h11-40,45-46H,41-44H2,1-10H3. The molecule has 0 spiro atoms. The van der Waals surface area contributed by atoms with Gasteiger partial charge in [-0.05, 0) is 186 Å². The molecule has 76 heavy (non-hydrogen) atoms. The molecule has 0 aliphatic heterocycles. The molecule has 9 aromatic carbocycles. The minimum Gasteiger partial charge on any atom is -0.544 e. The lowest BCUT2D eigenvalue weighted by Crippen LogP contribution is -2.43. The molecule has 0 amide bonds. The molecule has 0 saturated carbocycles. The lowest BCUT2D eigenvalue weighted by molar-refractivity contribution is -0.113. The van der Waals surface area contributed by atoms with E-state index in [1.165, 1.54) is 67.5 Å². The van der Waals surface area contributed by atoms with Crippen LogP contribution in [0, 0.1) is 0 Å². The Morgan fingerprint density at radius 1 is 0.368 bits per heavy atom.